The Labute approximate surface area is 317 Å². The normalized spacial score (nSPS) is 12.8. The minimum atomic E-state index is -5.19. The number of allylic oxidation sites excluding steroid dienone is 1. The Morgan fingerprint density at radius 3 is 1.85 bits per heavy atom. The number of aromatic carboxylic acids is 1. The molecule has 48 heavy (non-hydrogen) atoms. The van der Waals surface area contributed by atoms with Crippen LogP contribution in [0.4, 0.5) is 22.7 Å². The zero-order valence-electron chi connectivity index (χ0n) is 25.3. The average Bonchev–Trinajstić information content (AvgIpc) is 3.01. The van der Waals surface area contributed by atoms with Crippen molar-refractivity contribution in [2.75, 3.05) is 21.8 Å². The molecule has 4 aromatic rings. The SMILES string of the molecule is Nc1ccc(C(=O)Nc2ccc3c(c2)C=C(S(=O)(=O)[O-])/C(=N\Nc2ccc(C(=O)Nc4ccc(O)c(C(=O)[O-])c4)cc2)C3=O)cc1.[Na+].[Na+]. The summed E-state index contributed by atoms with van der Waals surface area (Å²) in [6, 6.07) is 19.1. The van der Waals surface area contributed by atoms with Gasteiger partial charge in [0.15, 0.2) is 0 Å². The summed E-state index contributed by atoms with van der Waals surface area (Å²) in [5, 5.41) is 29.7. The number of fused-ring (bicyclic) bond motifs is 1. The number of hydrazone groups is 1. The van der Waals surface area contributed by atoms with E-state index >= 15 is 0 Å². The first-order valence-corrected chi connectivity index (χ1v) is 14.5. The van der Waals surface area contributed by atoms with Crippen molar-refractivity contribution in [1.82, 2.24) is 0 Å². The maximum absolute atomic E-state index is 13.3. The van der Waals surface area contributed by atoms with E-state index in [1.54, 1.807) is 12.1 Å². The number of benzene rings is 4. The second-order valence-corrected chi connectivity index (χ2v) is 11.1. The number of carboxylic acid groups (broad SMARTS) is 1. The largest absolute Gasteiger partial charge is 1.00 e. The van der Waals surface area contributed by atoms with Crippen molar-refractivity contribution in [1.29, 1.82) is 0 Å². The van der Waals surface area contributed by atoms with Crippen molar-refractivity contribution in [3.8, 4) is 5.75 Å². The topological polar surface area (TPSA) is 243 Å². The van der Waals surface area contributed by atoms with Crippen molar-refractivity contribution in [3.05, 3.63) is 118 Å². The van der Waals surface area contributed by atoms with Crippen molar-refractivity contribution in [3.63, 3.8) is 0 Å². The van der Waals surface area contributed by atoms with E-state index in [9.17, 15) is 42.4 Å². The number of amides is 2. The van der Waals surface area contributed by atoms with E-state index in [-0.39, 0.29) is 92.9 Å². The van der Waals surface area contributed by atoms with E-state index in [1.807, 2.05) is 0 Å². The number of aromatic hydroxyl groups is 1. The van der Waals surface area contributed by atoms with Gasteiger partial charge in [-0.15, -0.1) is 0 Å². The molecule has 0 bridgehead atoms. The van der Waals surface area contributed by atoms with Crippen LogP contribution in [0.2, 0.25) is 0 Å². The molecule has 0 fully saturated rings. The number of carboxylic acids is 1. The maximum atomic E-state index is 13.3. The summed E-state index contributed by atoms with van der Waals surface area (Å²) in [6.45, 7) is 0. The molecule has 6 N–H and O–H groups in total. The number of anilines is 4. The first-order valence-electron chi connectivity index (χ1n) is 13.1. The standard InChI is InChI=1S/C31H23N5O9S.2Na/c32-19-5-1-16(2-6-19)29(39)33-21-9-11-23-18(13-21)14-26(46(43,44)45)27(28(23)38)36-35-20-7-3-17(4-8-20)30(40)34-22-10-12-25(37)24(15-22)31(41)42;;/h1-15,35,37H,32H2,(H,33,39)(H,34,40)(H,41,42)(H,43,44,45);;/q;2*+1/p-2/b36-27+;;. The van der Waals surface area contributed by atoms with Gasteiger partial charge in [0.05, 0.1) is 16.6 Å². The smallest absolute Gasteiger partial charge is 0.744 e. The molecular formula is C31H21N5Na2O9S. The summed E-state index contributed by atoms with van der Waals surface area (Å²) < 4.78 is 36.4. The van der Waals surface area contributed by atoms with Gasteiger partial charge in [0.2, 0.25) is 5.78 Å². The molecule has 17 heteroatoms. The number of ketones is 1. The molecule has 2 amide bonds. The van der Waals surface area contributed by atoms with Gasteiger partial charge in [-0.25, -0.2) is 8.42 Å². The number of rotatable bonds is 8. The van der Waals surface area contributed by atoms with Gasteiger partial charge in [-0.2, -0.15) is 5.10 Å². The third kappa shape index (κ3) is 8.77. The predicted octanol–water partition coefficient (Wildman–Crippen LogP) is -3.60. The Balaban J connectivity index is 0.00000312. The Morgan fingerprint density at radius 2 is 1.29 bits per heavy atom. The Morgan fingerprint density at radius 1 is 0.771 bits per heavy atom. The summed E-state index contributed by atoms with van der Waals surface area (Å²) in [6.07, 6.45) is 0.987. The first-order chi connectivity index (χ1) is 21.8. The molecule has 0 saturated heterocycles. The van der Waals surface area contributed by atoms with Crippen LogP contribution in [0, 0.1) is 0 Å². The third-order valence-electron chi connectivity index (χ3n) is 6.65. The molecule has 0 saturated carbocycles. The molecular weight excluding hydrogens is 664 g/mol. The van der Waals surface area contributed by atoms with Crippen molar-refractivity contribution in [2.24, 2.45) is 5.10 Å². The number of carbonyl (C=O) groups is 4. The van der Waals surface area contributed by atoms with Gasteiger partial charge >= 0.3 is 59.1 Å². The van der Waals surface area contributed by atoms with Gasteiger partial charge < -0.3 is 35.9 Å². The van der Waals surface area contributed by atoms with Crippen LogP contribution >= 0.6 is 0 Å². The van der Waals surface area contributed by atoms with Gasteiger partial charge in [-0.1, -0.05) is 0 Å². The molecule has 0 unspecified atom stereocenters. The molecule has 0 aliphatic heterocycles. The van der Waals surface area contributed by atoms with Crippen LogP contribution in [0.1, 0.15) is 47.0 Å². The minimum absolute atomic E-state index is 0. The second-order valence-electron chi connectivity index (χ2n) is 9.79. The Kier molecular flexibility index (Phi) is 12.5. The van der Waals surface area contributed by atoms with Crippen LogP contribution in [-0.2, 0) is 10.1 Å². The molecule has 1 aliphatic carbocycles. The van der Waals surface area contributed by atoms with Crippen LogP contribution in [0.25, 0.3) is 6.08 Å². The molecule has 0 heterocycles. The maximum Gasteiger partial charge on any atom is 1.00 e. The van der Waals surface area contributed by atoms with Crippen molar-refractivity contribution < 1.29 is 101 Å². The third-order valence-corrected chi connectivity index (χ3v) is 7.50. The van der Waals surface area contributed by atoms with E-state index in [2.05, 4.69) is 21.2 Å². The van der Waals surface area contributed by atoms with Crippen LogP contribution in [0.3, 0.4) is 0 Å². The zero-order valence-corrected chi connectivity index (χ0v) is 30.1. The van der Waals surface area contributed by atoms with Gasteiger partial charge in [-0.3, -0.25) is 19.8 Å². The number of nitrogens with two attached hydrogens (primary N) is 1. The number of carbonyl (C=O) groups excluding carboxylic acids is 4. The molecule has 0 spiro atoms. The number of nitrogen functional groups attached to an aromatic ring is 1. The number of Topliss-reactive ketones (excluding diaryl/α,β-unsaturated/α-hetero) is 1. The summed E-state index contributed by atoms with van der Waals surface area (Å²) >= 11 is 0. The van der Waals surface area contributed by atoms with Crippen LogP contribution in [0.5, 0.6) is 5.75 Å². The van der Waals surface area contributed by atoms with Crippen molar-refractivity contribution in [2.45, 2.75) is 0 Å². The molecule has 5 rings (SSSR count). The zero-order chi connectivity index (χ0) is 33.2. The van der Waals surface area contributed by atoms with Crippen LogP contribution < -0.4 is 86.0 Å². The van der Waals surface area contributed by atoms with E-state index in [4.69, 9.17) is 5.73 Å². The Bertz CT molecular complexity index is 2100. The fourth-order valence-electron chi connectivity index (χ4n) is 4.35. The molecule has 232 valence electrons. The quantitative estimate of drug-likeness (QED) is 0.0399. The summed E-state index contributed by atoms with van der Waals surface area (Å²) in [5.41, 5.74) is 8.52. The summed E-state index contributed by atoms with van der Waals surface area (Å²) in [4.78, 5) is 48.7. The Hall–Kier alpha value is -4.32. The fraction of sp³-hybridized carbons (Fsp3) is 0. The average molecular weight is 686 g/mol. The van der Waals surface area contributed by atoms with Gasteiger partial charge in [0, 0.05) is 39.3 Å². The van der Waals surface area contributed by atoms with Gasteiger partial charge in [0.1, 0.15) is 21.6 Å². The monoisotopic (exact) mass is 685 g/mol. The molecule has 1 aliphatic rings. The van der Waals surface area contributed by atoms with Crippen LogP contribution in [0.15, 0.2) is 94.9 Å². The number of hydrogen-bond donors (Lipinski definition) is 5. The van der Waals surface area contributed by atoms with Crippen molar-refractivity contribution >= 4 is 68.2 Å². The fourth-order valence-corrected chi connectivity index (χ4v) is 4.99. The van der Waals surface area contributed by atoms with E-state index in [0.29, 0.717) is 11.3 Å². The number of nitrogens with zero attached hydrogens (tertiary/aromatic N) is 1. The predicted molar refractivity (Wildman–Crippen MR) is 165 cm³/mol. The summed E-state index contributed by atoms with van der Waals surface area (Å²) in [7, 11) is -5.19. The van der Waals surface area contributed by atoms with Gasteiger partial charge in [0.25, 0.3) is 11.8 Å². The number of hydrogen-bond acceptors (Lipinski definition) is 12. The first kappa shape index (κ1) is 38.1. The minimum Gasteiger partial charge on any atom is -0.744 e. The molecule has 0 radical (unpaired) electrons. The second kappa shape index (κ2) is 15.7. The van der Waals surface area contributed by atoms with Crippen LogP contribution in [-0.4, -0.2) is 47.4 Å². The van der Waals surface area contributed by atoms with E-state index < -0.39 is 55.6 Å². The van der Waals surface area contributed by atoms with Gasteiger partial charge in [-0.05, 0) is 96.6 Å². The van der Waals surface area contributed by atoms with E-state index in [0.717, 1.165) is 18.2 Å². The molecule has 14 nitrogen and oxygen atoms in total. The molecule has 0 atom stereocenters. The summed E-state index contributed by atoms with van der Waals surface area (Å²) in [5.74, 6) is -4.13. The number of nitrogens with one attached hydrogen (secondary N) is 3. The molecule has 4 aromatic carbocycles. The molecule has 0 aromatic heterocycles. The van der Waals surface area contributed by atoms with E-state index in [1.165, 1.54) is 60.7 Å². The number of phenols is 1.